The van der Waals surface area contributed by atoms with E-state index in [9.17, 15) is 0 Å². The lowest BCUT2D eigenvalue weighted by Gasteiger charge is -2.24. The van der Waals surface area contributed by atoms with Crippen LogP contribution < -0.4 is 0 Å². The van der Waals surface area contributed by atoms with E-state index in [1.54, 1.807) is 11.3 Å². The Bertz CT molecular complexity index is 676. The lowest BCUT2D eigenvalue weighted by Crippen LogP contribution is -2.27. The highest BCUT2D eigenvalue weighted by Crippen LogP contribution is 2.34. The first-order chi connectivity index (χ1) is 9.31. The quantitative estimate of drug-likeness (QED) is 0.826. The van der Waals surface area contributed by atoms with E-state index in [0.717, 1.165) is 31.6 Å². The topological polar surface area (TPSA) is 27.0 Å². The molecule has 96 valence electrons. The third-order valence-corrected chi connectivity index (χ3v) is 4.75. The molecule has 0 atom stereocenters. The Labute approximate surface area is 117 Å². The molecule has 0 aliphatic carbocycles. The van der Waals surface area contributed by atoms with Crippen molar-refractivity contribution in [2.45, 2.75) is 13.3 Å². The van der Waals surface area contributed by atoms with Crippen LogP contribution in [0, 0.1) is 11.3 Å². The first-order valence-electron chi connectivity index (χ1n) is 6.65. The van der Waals surface area contributed by atoms with Crippen molar-refractivity contribution in [2.24, 2.45) is 0 Å². The smallest absolute Gasteiger partial charge is 0.0991 e. The monoisotopic (exact) mass is 268 g/mol. The lowest BCUT2D eigenvalue weighted by molar-refractivity contribution is 0.319. The highest BCUT2D eigenvalue weighted by molar-refractivity contribution is 7.17. The molecule has 0 bridgehead atoms. The average Bonchev–Trinajstić information content (AvgIpc) is 2.90. The minimum absolute atomic E-state index is 0.749. The largest absolute Gasteiger partial charge is 0.300 e. The van der Waals surface area contributed by atoms with E-state index in [2.05, 4.69) is 35.4 Å². The third kappa shape index (κ3) is 2.30. The predicted octanol–water partition coefficient (Wildman–Crippen LogP) is 3.88. The summed E-state index contributed by atoms with van der Waals surface area (Å²) in [5.41, 5.74) is 3.51. The molecule has 0 saturated carbocycles. The van der Waals surface area contributed by atoms with Gasteiger partial charge in [-0.15, -0.1) is 11.3 Å². The molecule has 1 aliphatic heterocycles. The van der Waals surface area contributed by atoms with Gasteiger partial charge in [0.15, 0.2) is 0 Å². The number of nitrogens with zero attached hydrogens (tertiary/aromatic N) is 2. The number of thiophene rings is 1. The van der Waals surface area contributed by atoms with Crippen molar-refractivity contribution in [1.29, 1.82) is 5.26 Å². The summed E-state index contributed by atoms with van der Waals surface area (Å²) in [4.78, 5) is 2.44. The minimum atomic E-state index is 0.749. The van der Waals surface area contributed by atoms with E-state index in [1.807, 2.05) is 12.1 Å². The fourth-order valence-corrected chi connectivity index (χ4v) is 3.56. The van der Waals surface area contributed by atoms with Crippen LogP contribution in [0.3, 0.4) is 0 Å². The zero-order valence-corrected chi connectivity index (χ0v) is 11.8. The first kappa shape index (κ1) is 12.4. The molecule has 0 radical (unpaired) electrons. The summed E-state index contributed by atoms with van der Waals surface area (Å²) >= 11 is 1.77. The van der Waals surface area contributed by atoms with Crippen LogP contribution in [-0.4, -0.2) is 24.5 Å². The van der Waals surface area contributed by atoms with Crippen molar-refractivity contribution in [3.8, 4) is 6.07 Å². The average molecular weight is 268 g/mol. The van der Waals surface area contributed by atoms with Crippen LogP contribution in [0.15, 0.2) is 29.7 Å². The molecule has 2 heterocycles. The molecule has 2 nitrogen and oxygen atoms in total. The second kappa shape index (κ2) is 5.16. The van der Waals surface area contributed by atoms with E-state index in [1.165, 1.54) is 21.2 Å². The molecule has 1 aromatic heterocycles. The molecule has 3 rings (SSSR count). The molecule has 0 unspecified atom stereocenters. The Hall–Kier alpha value is -1.63. The molecule has 2 aromatic rings. The molecule has 1 aliphatic rings. The Morgan fingerprint density at radius 1 is 1.42 bits per heavy atom. The van der Waals surface area contributed by atoms with E-state index < -0.39 is 0 Å². The van der Waals surface area contributed by atoms with Gasteiger partial charge in [0.1, 0.15) is 0 Å². The number of hydrogen-bond donors (Lipinski definition) is 0. The molecule has 3 heteroatoms. The molecule has 0 amide bonds. The van der Waals surface area contributed by atoms with Crippen LogP contribution in [-0.2, 0) is 0 Å². The van der Waals surface area contributed by atoms with Gasteiger partial charge in [0.05, 0.1) is 11.6 Å². The van der Waals surface area contributed by atoms with Gasteiger partial charge in [0.25, 0.3) is 0 Å². The van der Waals surface area contributed by atoms with Gasteiger partial charge < -0.3 is 0 Å². The van der Waals surface area contributed by atoms with Gasteiger partial charge >= 0.3 is 0 Å². The van der Waals surface area contributed by atoms with Crippen LogP contribution in [0.2, 0.25) is 0 Å². The summed E-state index contributed by atoms with van der Waals surface area (Å²) in [6.45, 7) is 5.50. The zero-order chi connectivity index (χ0) is 13.2. The van der Waals surface area contributed by atoms with E-state index >= 15 is 0 Å². The summed E-state index contributed by atoms with van der Waals surface area (Å²) in [7, 11) is 0. The van der Waals surface area contributed by atoms with Crippen LogP contribution in [0.5, 0.6) is 0 Å². The molecule has 0 saturated heterocycles. The number of likely N-dealkylation sites (N-methyl/N-ethyl adjacent to an activating group) is 1. The molecular weight excluding hydrogens is 252 g/mol. The van der Waals surface area contributed by atoms with E-state index in [4.69, 9.17) is 5.26 Å². The number of nitriles is 1. The predicted molar refractivity (Wildman–Crippen MR) is 81.2 cm³/mol. The van der Waals surface area contributed by atoms with Gasteiger partial charge in [-0.05, 0) is 47.7 Å². The third-order valence-electron chi connectivity index (χ3n) is 3.79. The van der Waals surface area contributed by atoms with Gasteiger partial charge in [-0.25, -0.2) is 0 Å². The number of fused-ring (bicyclic) bond motifs is 1. The summed E-state index contributed by atoms with van der Waals surface area (Å²) in [6, 6.07) is 8.21. The van der Waals surface area contributed by atoms with Crippen molar-refractivity contribution in [1.82, 2.24) is 4.90 Å². The van der Waals surface area contributed by atoms with Crippen molar-refractivity contribution in [3.63, 3.8) is 0 Å². The molecule has 0 spiro atoms. The molecule has 0 fully saturated rings. The van der Waals surface area contributed by atoms with Crippen molar-refractivity contribution in [2.75, 3.05) is 19.6 Å². The van der Waals surface area contributed by atoms with Gasteiger partial charge in [0, 0.05) is 23.2 Å². The van der Waals surface area contributed by atoms with E-state index in [0.29, 0.717) is 0 Å². The van der Waals surface area contributed by atoms with Gasteiger partial charge in [-0.1, -0.05) is 13.0 Å². The Balaban J connectivity index is 2.02. The van der Waals surface area contributed by atoms with Crippen molar-refractivity contribution in [3.05, 3.63) is 40.8 Å². The second-order valence-corrected chi connectivity index (χ2v) is 5.76. The second-order valence-electron chi connectivity index (χ2n) is 4.84. The summed E-state index contributed by atoms with van der Waals surface area (Å²) in [6.07, 6.45) is 3.45. The van der Waals surface area contributed by atoms with Crippen LogP contribution in [0.4, 0.5) is 0 Å². The lowest BCUT2D eigenvalue weighted by atomic mass is 9.98. The van der Waals surface area contributed by atoms with Crippen molar-refractivity contribution >= 4 is 27.0 Å². The van der Waals surface area contributed by atoms with Crippen LogP contribution in [0.1, 0.15) is 24.5 Å². The summed E-state index contributed by atoms with van der Waals surface area (Å²) in [5, 5.41) is 12.5. The Kier molecular flexibility index (Phi) is 3.37. The molecular formula is C16H16N2S. The maximum atomic E-state index is 9.03. The number of rotatable bonds is 2. The molecule has 0 N–H and O–H groups in total. The van der Waals surface area contributed by atoms with E-state index in [-0.39, 0.29) is 0 Å². The fraction of sp³-hybridized carbons (Fsp3) is 0.312. The number of benzene rings is 1. The highest BCUT2D eigenvalue weighted by atomic mass is 32.1. The minimum Gasteiger partial charge on any atom is -0.300 e. The SMILES string of the molecule is CCN1CC=C(c2csc3ccc(C#N)cc23)CC1. The maximum Gasteiger partial charge on any atom is 0.0991 e. The normalized spacial score (nSPS) is 16.3. The summed E-state index contributed by atoms with van der Waals surface area (Å²) < 4.78 is 1.27. The number of hydrogen-bond acceptors (Lipinski definition) is 3. The van der Waals surface area contributed by atoms with Crippen LogP contribution in [0.25, 0.3) is 15.7 Å². The molecule has 19 heavy (non-hydrogen) atoms. The standard InChI is InChI=1S/C16H16N2S/c1-2-18-7-5-13(6-8-18)15-11-19-16-4-3-12(10-17)9-14(15)16/h3-5,9,11H,2,6-8H2,1H3. The Morgan fingerprint density at radius 2 is 2.32 bits per heavy atom. The molecule has 1 aromatic carbocycles. The highest BCUT2D eigenvalue weighted by Gasteiger charge is 2.14. The van der Waals surface area contributed by atoms with Gasteiger partial charge in [-0.2, -0.15) is 5.26 Å². The Morgan fingerprint density at radius 3 is 3.00 bits per heavy atom. The van der Waals surface area contributed by atoms with Crippen molar-refractivity contribution < 1.29 is 0 Å². The first-order valence-corrected chi connectivity index (χ1v) is 7.53. The maximum absolute atomic E-state index is 9.03. The van der Waals surface area contributed by atoms with Gasteiger partial charge in [-0.3, -0.25) is 4.90 Å². The fourth-order valence-electron chi connectivity index (χ4n) is 2.59. The summed E-state index contributed by atoms with van der Waals surface area (Å²) in [5.74, 6) is 0. The zero-order valence-electron chi connectivity index (χ0n) is 11.0. The van der Waals surface area contributed by atoms with Crippen LogP contribution >= 0.6 is 11.3 Å². The van der Waals surface area contributed by atoms with Gasteiger partial charge in [0.2, 0.25) is 0 Å².